The van der Waals surface area contributed by atoms with Gasteiger partial charge in [-0.05, 0) is 48.7 Å². The predicted octanol–water partition coefficient (Wildman–Crippen LogP) is 3.89. The van der Waals surface area contributed by atoms with Crippen molar-refractivity contribution in [2.24, 2.45) is 5.92 Å². The summed E-state index contributed by atoms with van der Waals surface area (Å²) in [5, 5.41) is 1.08. The van der Waals surface area contributed by atoms with Gasteiger partial charge in [-0.25, -0.2) is 0 Å². The Bertz CT molecular complexity index is 721. The zero-order valence-electron chi connectivity index (χ0n) is 11.4. The van der Waals surface area contributed by atoms with E-state index >= 15 is 0 Å². The summed E-state index contributed by atoms with van der Waals surface area (Å²) in [6.45, 7) is 0. The first-order chi connectivity index (χ1) is 10.5. The van der Waals surface area contributed by atoms with E-state index in [2.05, 4.69) is 10.9 Å². The molecule has 22 heavy (non-hydrogen) atoms. The van der Waals surface area contributed by atoms with Crippen LogP contribution in [0.1, 0.15) is 22.5 Å². The highest BCUT2D eigenvalue weighted by Gasteiger charge is 2.29. The number of hydrazine groups is 1. The number of hydrogen-bond acceptors (Lipinski definition) is 3. The molecule has 0 saturated heterocycles. The molecule has 2 amide bonds. The Balaban J connectivity index is 1.69. The highest BCUT2D eigenvalue weighted by Crippen LogP contribution is 2.32. The average molecular weight is 355 g/mol. The van der Waals surface area contributed by atoms with Gasteiger partial charge in [0.2, 0.25) is 5.91 Å². The van der Waals surface area contributed by atoms with Crippen LogP contribution in [0.15, 0.2) is 30.3 Å². The first-order valence-corrected chi connectivity index (χ1v) is 8.26. The van der Waals surface area contributed by atoms with E-state index in [4.69, 9.17) is 23.2 Å². The molecule has 3 rings (SSSR count). The standard InChI is InChI=1S/C15H12Cl2N2O2S/c16-10-5-9(6-11(17)7-10)12-3-4-13(22-12)15(21)19-18-14(20)8-1-2-8/h3-8H,1-2H2,(H,18,20)(H,19,21). The Morgan fingerprint density at radius 3 is 2.36 bits per heavy atom. The van der Waals surface area contributed by atoms with Gasteiger partial charge in [0, 0.05) is 20.8 Å². The van der Waals surface area contributed by atoms with E-state index < -0.39 is 0 Å². The van der Waals surface area contributed by atoms with Gasteiger partial charge in [-0.1, -0.05) is 23.2 Å². The van der Waals surface area contributed by atoms with Crippen LogP contribution in [0.5, 0.6) is 0 Å². The molecule has 2 aromatic rings. The number of carbonyl (C=O) groups excluding carboxylic acids is 2. The van der Waals surface area contributed by atoms with Crippen LogP contribution in [0, 0.1) is 5.92 Å². The average Bonchev–Trinajstić information content (AvgIpc) is 3.20. The van der Waals surface area contributed by atoms with Crippen LogP contribution in [-0.2, 0) is 4.79 Å². The fourth-order valence-corrected chi connectivity index (χ4v) is 3.35. The molecule has 7 heteroatoms. The summed E-state index contributed by atoms with van der Waals surface area (Å²) in [5.74, 6) is -0.419. The van der Waals surface area contributed by atoms with Gasteiger partial charge < -0.3 is 0 Å². The second kappa shape index (κ2) is 6.28. The summed E-state index contributed by atoms with van der Waals surface area (Å²) in [4.78, 5) is 24.9. The van der Waals surface area contributed by atoms with Gasteiger partial charge in [0.25, 0.3) is 5.91 Å². The molecule has 4 nitrogen and oxygen atoms in total. The second-order valence-electron chi connectivity index (χ2n) is 5.04. The first-order valence-electron chi connectivity index (χ1n) is 6.69. The molecule has 1 aliphatic rings. The van der Waals surface area contributed by atoms with Crippen LogP contribution in [0.3, 0.4) is 0 Å². The molecule has 2 N–H and O–H groups in total. The second-order valence-corrected chi connectivity index (χ2v) is 7.00. The van der Waals surface area contributed by atoms with E-state index in [-0.39, 0.29) is 17.7 Å². The lowest BCUT2D eigenvalue weighted by Gasteiger charge is -2.04. The van der Waals surface area contributed by atoms with Crippen LogP contribution in [0.25, 0.3) is 10.4 Å². The van der Waals surface area contributed by atoms with Crippen molar-refractivity contribution in [3.05, 3.63) is 45.3 Å². The molecule has 114 valence electrons. The molecule has 0 unspecified atom stereocenters. The number of benzene rings is 1. The third-order valence-corrected chi connectivity index (χ3v) is 4.79. The molecule has 0 atom stereocenters. The van der Waals surface area contributed by atoms with Gasteiger partial charge in [0.1, 0.15) is 0 Å². The van der Waals surface area contributed by atoms with Crippen molar-refractivity contribution in [1.29, 1.82) is 0 Å². The van der Waals surface area contributed by atoms with E-state index in [1.165, 1.54) is 11.3 Å². The van der Waals surface area contributed by atoms with Gasteiger partial charge in [-0.3, -0.25) is 20.4 Å². The summed E-state index contributed by atoms with van der Waals surface area (Å²) in [7, 11) is 0. The Hall–Kier alpha value is -1.56. The van der Waals surface area contributed by atoms with Crippen LogP contribution in [0.4, 0.5) is 0 Å². The molecule has 1 fully saturated rings. The Morgan fingerprint density at radius 2 is 1.73 bits per heavy atom. The van der Waals surface area contributed by atoms with Gasteiger partial charge >= 0.3 is 0 Å². The maximum atomic E-state index is 12.0. The number of hydrogen-bond donors (Lipinski definition) is 2. The highest BCUT2D eigenvalue weighted by molar-refractivity contribution is 7.17. The molecule has 1 saturated carbocycles. The van der Waals surface area contributed by atoms with Crippen LogP contribution < -0.4 is 10.9 Å². The van der Waals surface area contributed by atoms with Crippen molar-refractivity contribution in [2.75, 3.05) is 0 Å². The van der Waals surface area contributed by atoms with Crippen molar-refractivity contribution in [3.8, 4) is 10.4 Å². The smallest absolute Gasteiger partial charge is 0.273 e. The van der Waals surface area contributed by atoms with E-state index in [0.717, 1.165) is 23.3 Å². The largest absolute Gasteiger partial charge is 0.279 e. The minimum absolute atomic E-state index is 0.0489. The molecule has 1 heterocycles. The molecule has 1 aromatic heterocycles. The van der Waals surface area contributed by atoms with Crippen molar-refractivity contribution >= 4 is 46.4 Å². The highest BCUT2D eigenvalue weighted by atomic mass is 35.5. The molecular weight excluding hydrogens is 343 g/mol. The number of thiophene rings is 1. The van der Waals surface area contributed by atoms with Crippen molar-refractivity contribution in [1.82, 2.24) is 10.9 Å². The lowest BCUT2D eigenvalue weighted by Crippen LogP contribution is -2.42. The lowest BCUT2D eigenvalue weighted by molar-refractivity contribution is -0.123. The van der Waals surface area contributed by atoms with Crippen LogP contribution >= 0.6 is 34.5 Å². The third-order valence-electron chi connectivity index (χ3n) is 3.22. The monoisotopic (exact) mass is 354 g/mol. The van der Waals surface area contributed by atoms with Gasteiger partial charge in [-0.15, -0.1) is 11.3 Å². The zero-order chi connectivity index (χ0) is 15.7. The predicted molar refractivity (Wildman–Crippen MR) is 88.1 cm³/mol. The number of amides is 2. The fourth-order valence-electron chi connectivity index (χ4n) is 1.94. The molecule has 0 radical (unpaired) electrons. The molecule has 1 aliphatic carbocycles. The van der Waals surface area contributed by atoms with Gasteiger partial charge in [0.05, 0.1) is 4.88 Å². The molecule has 1 aromatic carbocycles. The molecule has 0 aliphatic heterocycles. The maximum Gasteiger partial charge on any atom is 0.279 e. The van der Waals surface area contributed by atoms with Crippen LogP contribution in [-0.4, -0.2) is 11.8 Å². The maximum absolute atomic E-state index is 12.0. The van der Waals surface area contributed by atoms with Crippen molar-refractivity contribution in [3.63, 3.8) is 0 Å². The Morgan fingerprint density at radius 1 is 1.05 bits per heavy atom. The Kier molecular flexibility index (Phi) is 4.38. The molecular formula is C15H12Cl2N2O2S. The van der Waals surface area contributed by atoms with Gasteiger partial charge in [-0.2, -0.15) is 0 Å². The fraction of sp³-hybridized carbons (Fsp3) is 0.200. The molecule has 0 spiro atoms. The quantitative estimate of drug-likeness (QED) is 0.821. The summed E-state index contributed by atoms with van der Waals surface area (Å²) >= 11 is 13.3. The van der Waals surface area contributed by atoms with E-state index in [9.17, 15) is 9.59 Å². The number of rotatable bonds is 3. The Labute approximate surface area is 141 Å². The summed E-state index contributed by atoms with van der Waals surface area (Å²) < 4.78 is 0. The van der Waals surface area contributed by atoms with E-state index in [1.54, 1.807) is 24.3 Å². The van der Waals surface area contributed by atoms with Gasteiger partial charge in [0.15, 0.2) is 0 Å². The first kappa shape index (κ1) is 15.3. The third kappa shape index (κ3) is 3.61. The summed E-state index contributed by atoms with van der Waals surface area (Å²) in [6, 6.07) is 8.75. The number of nitrogens with one attached hydrogen (secondary N) is 2. The van der Waals surface area contributed by atoms with E-state index in [0.29, 0.717) is 14.9 Å². The summed E-state index contributed by atoms with van der Waals surface area (Å²) in [6.07, 6.45) is 1.78. The number of halogens is 2. The van der Waals surface area contributed by atoms with Crippen LogP contribution in [0.2, 0.25) is 10.0 Å². The normalized spacial score (nSPS) is 13.7. The number of carbonyl (C=O) groups is 2. The SMILES string of the molecule is O=C(NNC(=O)C1CC1)c1ccc(-c2cc(Cl)cc(Cl)c2)s1. The van der Waals surface area contributed by atoms with E-state index in [1.807, 2.05) is 6.07 Å². The minimum atomic E-state index is -0.335. The lowest BCUT2D eigenvalue weighted by atomic mass is 10.2. The zero-order valence-corrected chi connectivity index (χ0v) is 13.7. The van der Waals surface area contributed by atoms with Crippen molar-refractivity contribution < 1.29 is 9.59 Å². The summed E-state index contributed by atoms with van der Waals surface area (Å²) in [5.41, 5.74) is 5.71. The topological polar surface area (TPSA) is 58.2 Å². The minimum Gasteiger partial charge on any atom is -0.273 e. The van der Waals surface area contributed by atoms with Crippen molar-refractivity contribution in [2.45, 2.75) is 12.8 Å². The molecule has 0 bridgehead atoms.